The molecule has 2 aromatic rings. The summed E-state index contributed by atoms with van der Waals surface area (Å²) >= 11 is 0. The molecule has 0 aromatic heterocycles. The molecule has 0 fully saturated rings. The summed E-state index contributed by atoms with van der Waals surface area (Å²) in [5.41, 5.74) is 8.20. The Bertz CT molecular complexity index is 1080. The third-order valence-electron chi connectivity index (χ3n) is 3.54. The van der Waals surface area contributed by atoms with Crippen molar-refractivity contribution < 1.29 is 31.1 Å². The highest BCUT2D eigenvalue weighted by Gasteiger charge is 2.43. The van der Waals surface area contributed by atoms with E-state index in [1.54, 1.807) is 0 Å². The van der Waals surface area contributed by atoms with E-state index in [-0.39, 0.29) is 17.3 Å². The molecule has 4 N–H and O–H groups in total. The molecule has 9 heteroatoms. The van der Waals surface area contributed by atoms with Crippen molar-refractivity contribution >= 4 is 5.78 Å². The number of ketones is 1. The summed E-state index contributed by atoms with van der Waals surface area (Å²) in [6, 6.07) is 4.34. The van der Waals surface area contributed by atoms with E-state index < -0.39 is 46.2 Å². The van der Waals surface area contributed by atoms with Gasteiger partial charge < -0.3 is 11.5 Å². The standard InChI is InChI=1S/C20H12F6N2O/c21-12-3-6-14(16(23)10-12)19(29)20(25,26)18(28)8-5-13(27)4-1-11-2-7-15(22)17(24)9-11/h2-3,5-10H,27-28H2/b13-5-,18-8-. The van der Waals surface area contributed by atoms with Gasteiger partial charge in [0.25, 0.3) is 0 Å². The Morgan fingerprint density at radius 1 is 0.897 bits per heavy atom. The van der Waals surface area contributed by atoms with E-state index in [0.29, 0.717) is 18.2 Å². The van der Waals surface area contributed by atoms with Crippen molar-refractivity contribution in [1.82, 2.24) is 0 Å². The normalized spacial score (nSPS) is 12.3. The largest absolute Gasteiger partial charge is 0.397 e. The van der Waals surface area contributed by atoms with Gasteiger partial charge in [-0.3, -0.25) is 4.79 Å². The molecule has 0 unspecified atom stereocenters. The number of allylic oxidation sites excluding steroid dienone is 4. The van der Waals surface area contributed by atoms with E-state index in [1.807, 2.05) is 0 Å². The monoisotopic (exact) mass is 410 g/mol. The summed E-state index contributed by atoms with van der Waals surface area (Å²) < 4.78 is 80.7. The molecule has 0 aliphatic rings. The van der Waals surface area contributed by atoms with E-state index in [0.717, 1.165) is 18.2 Å². The zero-order valence-corrected chi connectivity index (χ0v) is 14.4. The summed E-state index contributed by atoms with van der Waals surface area (Å²) in [6.07, 6.45) is 1.44. The number of rotatable bonds is 4. The minimum atomic E-state index is -4.30. The lowest BCUT2D eigenvalue weighted by molar-refractivity contribution is 0.0309. The molecule has 2 rings (SSSR count). The maximum Gasteiger partial charge on any atom is 0.348 e. The second-order valence-electron chi connectivity index (χ2n) is 5.65. The number of Topliss-reactive ketones (excluding diaryl/α,β-unsaturated/α-hetero) is 1. The minimum absolute atomic E-state index is 0.0736. The molecule has 0 aliphatic carbocycles. The Morgan fingerprint density at radius 3 is 2.21 bits per heavy atom. The van der Waals surface area contributed by atoms with Crippen LogP contribution in [0.1, 0.15) is 15.9 Å². The molecule has 0 saturated heterocycles. The average Bonchev–Trinajstić information content (AvgIpc) is 2.66. The second-order valence-corrected chi connectivity index (χ2v) is 5.65. The van der Waals surface area contributed by atoms with Crippen molar-refractivity contribution in [3.8, 4) is 11.8 Å². The van der Waals surface area contributed by atoms with Crippen molar-refractivity contribution in [1.29, 1.82) is 0 Å². The number of nitrogens with two attached hydrogens (primary N) is 2. The molecular formula is C20H12F6N2O. The summed E-state index contributed by atoms with van der Waals surface area (Å²) in [5.74, 6) is -6.30. The van der Waals surface area contributed by atoms with Crippen molar-refractivity contribution in [2.75, 3.05) is 0 Å². The summed E-state index contributed by atoms with van der Waals surface area (Å²) in [6.45, 7) is 0. The average molecular weight is 410 g/mol. The Kier molecular flexibility index (Phi) is 6.38. The van der Waals surface area contributed by atoms with Crippen LogP contribution >= 0.6 is 0 Å². The SMILES string of the molecule is N/C(C#Cc1ccc(F)c(F)c1)=C\C=C(/N)C(F)(F)C(=O)c1ccc(F)cc1F. The lowest BCUT2D eigenvalue weighted by Crippen LogP contribution is -2.35. The van der Waals surface area contributed by atoms with E-state index in [4.69, 9.17) is 11.5 Å². The number of carbonyl (C=O) groups is 1. The molecule has 150 valence electrons. The smallest absolute Gasteiger partial charge is 0.348 e. The van der Waals surface area contributed by atoms with Crippen LogP contribution in [0.5, 0.6) is 0 Å². The van der Waals surface area contributed by atoms with Crippen molar-refractivity contribution in [3.05, 3.63) is 94.3 Å². The number of hydrogen-bond donors (Lipinski definition) is 2. The van der Waals surface area contributed by atoms with Gasteiger partial charge in [0, 0.05) is 11.6 Å². The van der Waals surface area contributed by atoms with E-state index >= 15 is 0 Å². The van der Waals surface area contributed by atoms with Crippen LogP contribution in [0, 0.1) is 35.1 Å². The highest BCUT2D eigenvalue weighted by molar-refractivity contribution is 6.03. The molecule has 29 heavy (non-hydrogen) atoms. The second kappa shape index (κ2) is 8.56. The number of halogens is 6. The first-order chi connectivity index (χ1) is 13.5. The van der Waals surface area contributed by atoms with Crippen LogP contribution in [0.4, 0.5) is 26.3 Å². The van der Waals surface area contributed by atoms with Crippen LogP contribution in [-0.4, -0.2) is 11.7 Å². The first-order valence-electron chi connectivity index (χ1n) is 7.80. The molecule has 0 bridgehead atoms. The van der Waals surface area contributed by atoms with Gasteiger partial charge in [-0.25, -0.2) is 17.6 Å². The van der Waals surface area contributed by atoms with Crippen LogP contribution in [0.25, 0.3) is 0 Å². The van der Waals surface area contributed by atoms with Gasteiger partial charge in [-0.2, -0.15) is 8.78 Å². The van der Waals surface area contributed by atoms with Crippen LogP contribution in [0.2, 0.25) is 0 Å². The Labute approximate surface area is 161 Å². The summed E-state index contributed by atoms with van der Waals surface area (Å²) in [5, 5.41) is 0. The van der Waals surface area contributed by atoms with Gasteiger partial charge in [-0.05, 0) is 48.4 Å². The van der Waals surface area contributed by atoms with E-state index in [2.05, 4.69) is 11.8 Å². The number of alkyl halides is 2. The van der Waals surface area contributed by atoms with Crippen molar-refractivity contribution in [2.45, 2.75) is 5.92 Å². The molecule has 0 spiro atoms. The number of benzene rings is 2. The highest BCUT2D eigenvalue weighted by atomic mass is 19.3. The quantitative estimate of drug-likeness (QED) is 0.349. The minimum Gasteiger partial charge on any atom is -0.397 e. The molecule has 0 atom stereocenters. The summed E-state index contributed by atoms with van der Waals surface area (Å²) in [4.78, 5) is 11.9. The first-order valence-corrected chi connectivity index (χ1v) is 7.80. The third-order valence-corrected chi connectivity index (χ3v) is 3.54. The first kappa shape index (κ1) is 21.6. The Balaban J connectivity index is 2.23. The zero-order chi connectivity index (χ0) is 21.8. The topological polar surface area (TPSA) is 69.1 Å². The van der Waals surface area contributed by atoms with Crippen LogP contribution < -0.4 is 11.5 Å². The zero-order valence-electron chi connectivity index (χ0n) is 14.4. The molecular weight excluding hydrogens is 398 g/mol. The van der Waals surface area contributed by atoms with Crippen molar-refractivity contribution in [3.63, 3.8) is 0 Å². The fourth-order valence-corrected chi connectivity index (χ4v) is 2.02. The van der Waals surface area contributed by atoms with Crippen LogP contribution in [0.3, 0.4) is 0 Å². The third kappa shape index (κ3) is 5.19. The number of carbonyl (C=O) groups excluding carboxylic acids is 1. The maximum absolute atomic E-state index is 14.2. The lowest BCUT2D eigenvalue weighted by atomic mass is 10.0. The van der Waals surface area contributed by atoms with Gasteiger partial charge in [0.2, 0.25) is 5.78 Å². The predicted octanol–water partition coefficient (Wildman–Crippen LogP) is 3.80. The maximum atomic E-state index is 14.2. The molecule has 2 aromatic carbocycles. The fraction of sp³-hybridized carbons (Fsp3) is 0.0500. The predicted molar refractivity (Wildman–Crippen MR) is 93.4 cm³/mol. The molecule has 0 amide bonds. The van der Waals surface area contributed by atoms with Crippen LogP contribution in [0.15, 0.2) is 59.9 Å². The van der Waals surface area contributed by atoms with Gasteiger partial charge in [0.15, 0.2) is 11.6 Å². The Morgan fingerprint density at radius 2 is 1.59 bits per heavy atom. The van der Waals surface area contributed by atoms with Gasteiger partial charge in [0.05, 0.1) is 17.0 Å². The summed E-state index contributed by atoms with van der Waals surface area (Å²) in [7, 11) is 0. The highest BCUT2D eigenvalue weighted by Crippen LogP contribution is 2.27. The van der Waals surface area contributed by atoms with Gasteiger partial charge in [-0.15, -0.1) is 0 Å². The van der Waals surface area contributed by atoms with Crippen LogP contribution in [-0.2, 0) is 0 Å². The molecule has 0 saturated carbocycles. The lowest BCUT2D eigenvalue weighted by Gasteiger charge is -2.15. The van der Waals surface area contributed by atoms with E-state index in [1.165, 1.54) is 6.07 Å². The van der Waals surface area contributed by atoms with Gasteiger partial charge in [-0.1, -0.05) is 5.92 Å². The fourth-order valence-electron chi connectivity index (χ4n) is 2.02. The van der Waals surface area contributed by atoms with Crippen molar-refractivity contribution in [2.24, 2.45) is 11.5 Å². The number of hydrogen-bond acceptors (Lipinski definition) is 3. The van der Waals surface area contributed by atoms with E-state index in [9.17, 15) is 31.1 Å². The van der Waals surface area contributed by atoms with Gasteiger partial charge >= 0.3 is 5.92 Å². The van der Waals surface area contributed by atoms with Gasteiger partial charge in [0.1, 0.15) is 11.6 Å². The molecule has 0 radical (unpaired) electrons. The molecule has 0 aliphatic heterocycles. The molecule has 3 nitrogen and oxygen atoms in total. The molecule has 0 heterocycles. The Hall–Kier alpha value is -3.67.